The van der Waals surface area contributed by atoms with E-state index in [1.54, 1.807) is 20.0 Å². The van der Waals surface area contributed by atoms with Crippen LogP contribution in [0, 0.1) is 16.7 Å². The number of aliphatic hydroxyl groups is 1. The van der Waals surface area contributed by atoms with Crippen molar-refractivity contribution >= 4 is 29.0 Å². The summed E-state index contributed by atoms with van der Waals surface area (Å²) in [5, 5.41) is 26.9. The highest BCUT2D eigenvalue weighted by Gasteiger charge is 2.37. The van der Waals surface area contributed by atoms with Crippen molar-refractivity contribution in [3.05, 3.63) is 72.6 Å². The van der Waals surface area contributed by atoms with Crippen LogP contribution in [0.25, 0.3) is 0 Å². The zero-order chi connectivity index (χ0) is 32.1. The largest absolute Gasteiger partial charge is 0.384 e. The molecule has 2 aromatic heterocycles. The second-order valence-electron chi connectivity index (χ2n) is 13.2. The third-order valence-electron chi connectivity index (χ3n) is 9.51. The topological polar surface area (TPSA) is 117 Å². The van der Waals surface area contributed by atoms with Crippen LogP contribution >= 0.6 is 0 Å². The summed E-state index contributed by atoms with van der Waals surface area (Å²) in [6.45, 7) is 13.9. The van der Waals surface area contributed by atoms with E-state index in [0.29, 0.717) is 55.0 Å². The molecule has 1 aromatic carbocycles. The van der Waals surface area contributed by atoms with E-state index in [4.69, 9.17) is 20.0 Å². The first-order chi connectivity index (χ1) is 22.3. The molecule has 2 fully saturated rings. The van der Waals surface area contributed by atoms with Gasteiger partial charge in [-0.2, -0.15) is 15.3 Å². The van der Waals surface area contributed by atoms with Crippen LogP contribution in [0.2, 0.25) is 0 Å². The number of nitrogens with zero attached hydrogens (tertiary/aromatic N) is 8. The molecule has 3 aromatic rings. The second-order valence-corrected chi connectivity index (χ2v) is 13.2. The monoisotopic (exact) mass is 623 g/mol. The number of piperidine rings is 2. The first kappa shape index (κ1) is 31.9. The molecule has 3 aliphatic heterocycles. The number of likely N-dealkylation sites (tertiary alicyclic amines) is 1. The molecule has 0 atom stereocenters. The predicted molar refractivity (Wildman–Crippen MR) is 180 cm³/mol. The Bertz CT molecular complexity index is 1530. The number of hydrazine groups is 1. The Kier molecular flexibility index (Phi) is 9.52. The lowest BCUT2D eigenvalue weighted by Crippen LogP contribution is -2.47. The molecule has 0 saturated carbocycles. The highest BCUT2D eigenvalue weighted by Crippen LogP contribution is 2.42. The van der Waals surface area contributed by atoms with E-state index in [9.17, 15) is 5.11 Å². The number of hydrogen-bond acceptors (Lipinski definition) is 11. The van der Waals surface area contributed by atoms with Gasteiger partial charge in [-0.3, -0.25) is 0 Å². The van der Waals surface area contributed by atoms with Crippen LogP contribution in [0.5, 0.6) is 0 Å². The lowest BCUT2D eigenvalue weighted by atomic mass is 9.71. The summed E-state index contributed by atoms with van der Waals surface area (Å²) in [7, 11) is 0. The van der Waals surface area contributed by atoms with Gasteiger partial charge in [-0.25, -0.2) is 15.0 Å². The van der Waals surface area contributed by atoms with Gasteiger partial charge in [-0.1, -0.05) is 12.1 Å². The Hall–Kier alpha value is -4.08. The van der Waals surface area contributed by atoms with Gasteiger partial charge in [0.05, 0.1) is 18.4 Å². The molecule has 46 heavy (non-hydrogen) atoms. The van der Waals surface area contributed by atoms with E-state index in [0.717, 1.165) is 44.0 Å². The minimum atomic E-state index is -1.10. The quantitative estimate of drug-likeness (QED) is 0.296. The van der Waals surface area contributed by atoms with Gasteiger partial charge in [-0.05, 0) is 94.4 Å². The number of ether oxygens (including phenoxy) is 1. The van der Waals surface area contributed by atoms with Gasteiger partial charge in [0.1, 0.15) is 18.1 Å². The Morgan fingerprint density at radius 3 is 2.50 bits per heavy atom. The maximum atomic E-state index is 10.6. The smallest absolute Gasteiger partial charge is 0.229 e. The van der Waals surface area contributed by atoms with Crippen molar-refractivity contribution in [1.29, 1.82) is 5.26 Å². The van der Waals surface area contributed by atoms with E-state index in [2.05, 4.69) is 57.0 Å². The summed E-state index contributed by atoms with van der Waals surface area (Å²) in [5.41, 5.74) is 2.89. The third-order valence-corrected chi connectivity index (χ3v) is 9.51. The summed E-state index contributed by atoms with van der Waals surface area (Å²) in [6.07, 6.45) is 9.16. The zero-order valence-corrected chi connectivity index (χ0v) is 27.0. The third kappa shape index (κ3) is 7.16. The van der Waals surface area contributed by atoms with Crippen LogP contribution in [0.4, 0.5) is 29.0 Å². The van der Waals surface area contributed by atoms with Gasteiger partial charge in [0.15, 0.2) is 5.82 Å². The number of nitriles is 1. The van der Waals surface area contributed by atoms with Gasteiger partial charge in [0.25, 0.3) is 0 Å². The van der Waals surface area contributed by atoms with E-state index in [1.807, 2.05) is 34.3 Å². The Morgan fingerprint density at radius 2 is 1.80 bits per heavy atom. The van der Waals surface area contributed by atoms with Crippen molar-refractivity contribution in [3.63, 3.8) is 0 Å². The number of benzene rings is 1. The minimum Gasteiger partial charge on any atom is -0.384 e. The van der Waals surface area contributed by atoms with Crippen molar-refractivity contribution in [3.8, 4) is 6.07 Å². The van der Waals surface area contributed by atoms with Crippen LogP contribution in [-0.4, -0.2) is 76.0 Å². The van der Waals surface area contributed by atoms with E-state index in [-0.39, 0.29) is 0 Å². The first-order valence-electron chi connectivity index (χ1n) is 16.3. The molecule has 5 heterocycles. The molecule has 11 nitrogen and oxygen atoms in total. The van der Waals surface area contributed by atoms with Gasteiger partial charge in [0.2, 0.25) is 5.95 Å². The standard InChI is InChI=1S/C35H45N9O2/c1-4-18-43-26-46-25-27-24-37-33(40-32(27)44(43)31-8-5-7-30(39-31)34(2,3)45)38-28-9-11-29(12-10-28)42-22-15-35(16-23-42)13-20-41(21-14-35)19-6-17-36/h4-5,7-12,24,45H,1,6,13-16,18-23,25-26H2,2-3H3,(H,37,38,40). The maximum Gasteiger partial charge on any atom is 0.229 e. The lowest BCUT2D eigenvalue weighted by molar-refractivity contribution is 0.0324. The molecule has 11 heteroatoms. The average Bonchev–Trinajstić information content (AvgIpc) is 3.24. The van der Waals surface area contributed by atoms with Crippen LogP contribution in [-0.2, 0) is 16.9 Å². The van der Waals surface area contributed by atoms with Gasteiger partial charge in [0, 0.05) is 55.7 Å². The van der Waals surface area contributed by atoms with Crippen LogP contribution < -0.4 is 15.2 Å². The van der Waals surface area contributed by atoms with Crippen LogP contribution in [0.1, 0.15) is 57.2 Å². The lowest BCUT2D eigenvalue weighted by Gasteiger charge is -2.47. The highest BCUT2D eigenvalue weighted by atomic mass is 16.5. The van der Waals surface area contributed by atoms with E-state index < -0.39 is 5.60 Å². The normalized spacial score (nSPS) is 18.9. The van der Waals surface area contributed by atoms with Crippen LogP contribution in [0.3, 0.4) is 0 Å². The number of anilines is 5. The highest BCUT2D eigenvalue weighted by molar-refractivity contribution is 5.64. The first-order valence-corrected chi connectivity index (χ1v) is 16.3. The van der Waals surface area contributed by atoms with Crippen molar-refractivity contribution in [2.24, 2.45) is 5.41 Å². The Morgan fingerprint density at radius 1 is 1.07 bits per heavy atom. The van der Waals surface area contributed by atoms with E-state index >= 15 is 0 Å². The average molecular weight is 624 g/mol. The van der Waals surface area contributed by atoms with Gasteiger partial charge < -0.3 is 25.0 Å². The fraction of sp³-hybridized carbons (Fsp3) is 0.486. The number of aromatic nitrogens is 3. The number of pyridine rings is 1. The Labute approximate surface area is 272 Å². The number of fused-ring (bicyclic) bond motifs is 1. The zero-order valence-electron chi connectivity index (χ0n) is 27.0. The van der Waals surface area contributed by atoms with Crippen molar-refractivity contribution in [1.82, 2.24) is 24.9 Å². The summed E-state index contributed by atoms with van der Waals surface area (Å²) in [4.78, 5) is 19.3. The Balaban J connectivity index is 1.15. The molecule has 1 spiro atoms. The fourth-order valence-corrected chi connectivity index (χ4v) is 6.70. The summed E-state index contributed by atoms with van der Waals surface area (Å²) >= 11 is 0. The molecule has 0 amide bonds. The molecule has 2 N–H and O–H groups in total. The molecular weight excluding hydrogens is 578 g/mol. The van der Waals surface area contributed by atoms with Gasteiger partial charge in [-0.15, -0.1) is 6.58 Å². The molecule has 242 valence electrons. The van der Waals surface area contributed by atoms with Gasteiger partial charge >= 0.3 is 0 Å². The molecule has 0 aliphatic carbocycles. The number of hydrogen-bond donors (Lipinski definition) is 2. The molecule has 0 radical (unpaired) electrons. The number of rotatable bonds is 9. The molecule has 0 bridgehead atoms. The molecule has 6 rings (SSSR count). The maximum absolute atomic E-state index is 10.6. The predicted octanol–water partition coefficient (Wildman–Crippen LogP) is 5.47. The molecular formula is C35H45N9O2. The fourth-order valence-electron chi connectivity index (χ4n) is 6.70. The van der Waals surface area contributed by atoms with Crippen molar-refractivity contribution in [2.45, 2.75) is 58.2 Å². The number of nitrogens with one attached hydrogen (secondary N) is 1. The van der Waals surface area contributed by atoms with Crippen molar-refractivity contribution in [2.75, 3.05) is 61.2 Å². The SMILES string of the molecule is C=CCN1COCc2cnc(Nc3ccc(N4CCC5(CCN(CCC#N)CC5)CC4)cc3)nc2N1c1cccc(C(C)(C)O)n1. The van der Waals surface area contributed by atoms with Crippen LogP contribution in [0.15, 0.2) is 61.3 Å². The molecule has 0 unspecified atom stereocenters. The molecule has 2 saturated heterocycles. The second kappa shape index (κ2) is 13.7. The van der Waals surface area contributed by atoms with Crippen molar-refractivity contribution < 1.29 is 9.84 Å². The summed E-state index contributed by atoms with van der Waals surface area (Å²) in [5.74, 6) is 1.75. The summed E-state index contributed by atoms with van der Waals surface area (Å²) in [6, 6.07) is 16.4. The summed E-state index contributed by atoms with van der Waals surface area (Å²) < 4.78 is 5.96. The molecule has 3 aliphatic rings. The van der Waals surface area contributed by atoms with E-state index in [1.165, 1.54) is 31.4 Å². The minimum absolute atomic E-state index is 0.319.